The molecule has 3 rings (SSSR count). The summed E-state index contributed by atoms with van der Waals surface area (Å²) in [7, 11) is -6.56. The van der Waals surface area contributed by atoms with Gasteiger partial charge in [-0.05, 0) is 43.5 Å². The Balaban J connectivity index is 1.69. The third kappa shape index (κ3) is 3.62. The number of carbonyl (C=O) groups is 1. The van der Waals surface area contributed by atoms with E-state index in [1.807, 2.05) is 0 Å². The monoisotopic (exact) mass is 372 g/mol. The van der Waals surface area contributed by atoms with Crippen LogP contribution in [0.25, 0.3) is 0 Å². The van der Waals surface area contributed by atoms with Gasteiger partial charge in [0.05, 0.1) is 16.4 Å². The van der Waals surface area contributed by atoms with Gasteiger partial charge in [0.15, 0.2) is 9.84 Å². The molecule has 2 aliphatic rings. The summed E-state index contributed by atoms with van der Waals surface area (Å²) < 4.78 is 49.1. The number of amides is 1. The van der Waals surface area contributed by atoms with Crippen molar-refractivity contribution in [1.82, 2.24) is 9.62 Å². The zero-order chi connectivity index (χ0) is 17.4. The van der Waals surface area contributed by atoms with Gasteiger partial charge in [-0.1, -0.05) is 0 Å². The van der Waals surface area contributed by atoms with E-state index in [1.165, 1.54) is 28.6 Å². The maximum atomic E-state index is 12.4. The zero-order valence-electron chi connectivity index (χ0n) is 13.1. The average Bonchev–Trinajstić information content (AvgIpc) is 3.17. The molecule has 1 N–H and O–H groups in total. The van der Waals surface area contributed by atoms with Gasteiger partial charge in [0.2, 0.25) is 10.0 Å². The Bertz CT molecular complexity index is 825. The molecule has 7 nitrogen and oxygen atoms in total. The highest BCUT2D eigenvalue weighted by Gasteiger charge is 2.30. The molecule has 1 aromatic rings. The van der Waals surface area contributed by atoms with Crippen LogP contribution in [0, 0.1) is 0 Å². The largest absolute Gasteiger partial charge is 0.348 e. The summed E-state index contributed by atoms with van der Waals surface area (Å²) in [6, 6.07) is 5.39. The number of carbonyl (C=O) groups excluding carboxylic acids is 1. The Morgan fingerprint density at radius 3 is 2.29 bits per heavy atom. The summed E-state index contributed by atoms with van der Waals surface area (Å²) in [6.07, 6.45) is 2.14. The summed E-state index contributed by atoms with van der Waals surface area (Å²) >= 11 is 0. The molecule has 2 saturated heterocycles. The van der Waals surface area contributed by atoms with Crippen LogP contribution in [0.1, 0.15) is 29.6 Å². The molecule has 0 aliphatic carbocycles. The standard InChI is InChI=1S/C15H20N2O5S2/c18-15(16-13-7-10-23(19,20)11-13)12-3-5-14(6-4-12)24(21,22)17-8-1-2-9-17/h3-6,13H,1-2,7-11H2,(H,16,18)/t13-/m1/s1. The maximum absolute atomic E-state index is 12.4. The van der Waals surface area contributed by atoms with E-state index in [9.17, 15) is 21.6 Å². The van der Waals surface area contributed by atoms with Gasteiger partial charge in [0, 0.05) is 24.7 Å². The molecule has 0 bridgehead atoms. The first-order chi connectivity index (χ1) is 11.3. The van der Waals surface area contributed by atoms with Gasteiger partial charge in [-0.2, -0.15) is 4.31 Å². The number of benzene rings is 1. The predicted octanol–water partition coefficient (Wildman–Crippen LogP) is 0.388. The molecule has 0 saturated carbocycles. The number of rotatable bonds is 4. The number of sulfonamides is 1. The number of hydrogen-bond acceptors (Lipinski definition) is 5. The Labute approximate surface area is 142 Å². The van der Waals surface area contributed by atoms with E-state index in [0.717, 1.165) is 12.8 Å². The molecule has 9 heteroatoms. The first kappa shape index (κ1) is 17.4. The van der Waals surface area contributed by atoms with Gasteiger partial charge >= 0.3 is 0 Å². The molecule has 2 fully saturated rings. The Hall–Kier alpha value is -1.45. The highest BCUT2D eigenvalue weighted by Crippen LogP contribution is 2.21. The van der Waals surface area contributed by atoms with Crippen LogP contribution in [0.4, 0.5) is 0 Å². The molecule has 0 radical (unpaired) electrons. The molecular weight excluding hydrogens is 352 g/mol. The molecule has 2 heterocycles. The molecule has 1 aromatic carbocycles. The normalized spacial score (nSPS) is 24.1. The Morgan fingerprint density at radius 2 is 1.75 bits per heavy atom. The first-order valence-corrected chi connectivity index (χ1v) is 11.2. The molecule has 0 spiro atoms. The Kier molecular flexibility index (Phi) is 4.67. The molecule has 24 heavy (non-hydrogen) atoms. The van der Waals surface area contributed by atoms with Crippen LogP contribution in [0.15, 0.2) is 29.2 Å². The summed E-state index contributed by atoms with van der Waals surface area (Å²) in [5.41, 5.74) is 0.319. The minimum absolute atomic E-state index is 0.0415. The second kappa shape index (κ2) is 6.45. The van der Waals surface area contributed by atoms with Crippen LogP contribution in [-0.2, 0) is 19.9 Å². The van der Waals surface area contributed by atoms with E-state index in [1.54, 1.807) is 0 Å². The van der Waals surface area contributed by atoms with Crippen LogP contribution in [0.3, 0.4) is 0 Å². The van der Waals surface area contributed by atoms with Crippen molar-refractivity contribution in [3.63, 3.8) is 0 Å². The zero-order valence-corrected chi connectivity index (χ0v) is 14.8. The van der Waals surface area contributed by atoms with Crippen LogP contribution < -0.4 is 5.32 Å². The highest BCUT2D eigenvalue weighted by atomic mass is 32.2. The minimum atomic E-state index is -3.50. The number of nitrogens with zero attached hydrogens (tertiary/aromatic N) is 1. The van der Waals surface area contributed by atoms with E-state index < -0.39 is 19.9 Å². The number of hydrogen-bond donors (Lipinski definition) is 1. The summed E-state index contributed by atoms with van der Waals surface area (Å²) in [5, 5.41) is 2.69. The van der Waals surface area contributed by atoms with Crippen molar-refractivity contribution in [2.75, 3.05) is 24.6 Å². The number of sulfone groups is 1. The van der Waals surface area contributed by atoms with Crippen molar-refractivity contribution in [1.29, 1.82) is 0 Å². The van der Waals surface area contributed by atoms with E-state index in [-0.39, 0.29) is 28.4 Å². The molecule has 2 aliphatic heterocycles. The average molecular weight is 372 g/mol. The third-order valence-corrected chi connectivity index (χ3v) is 8.07. The summed E-state index contributed by atoms with van der Waals surface area (Å²) in [6.45, 7) is 1.06. The second-order valence-corrected chi connectivity index (χ2v) is 10.4. The fraction of sp³-hybridized carbons (Fsp3) is 0.533. The Morgan fingerprint density at radius 1 is 1.12 bits per heavy atom. The molecule has 1 amide bonds. The van der Waals surface area contributed by atoms with E-state index >= 15 is 0 Å². The lowest BCUT2D eigenvalue weighted by Crippen LogP contribution is -2.35. The molecule has 0 unspecified atom stereocenters. The second-order valence-electron chi connectivity index (χ2n) is 6.21. The van der Waals surface area contributed by atoms with Crippen molar-refractivity contribution in [2.24, 2.45) is 0 Å². The molecule has 1 atom stereocenters. The van der Waals surface area contributed by atoms with E-state index in [4.69, 9.17) is 0 Å². The van der Waals surface area contributed by atoms with Crippen LogP contribution >= 0.6 is 0 Å². The SMILES string of the molecule is O=C(N[C@@H]1CCS(=O)(=O)C1)c1ccc(S(=O)(=O)N2CCCC2)cc1. The van der Waals surface area contributed by atoms with Gasteiger partial charge < -0.3 is 5.32 Å². The van der Waals surface area contributed by atoms with E-state index in [2.05, 4.69) is 5.32 Å². The first-order valence-electron chi connectivity index (χ1n) is 7.89. The van der Waals surface area contributed by atoms with Gasteiger partial charge in [-0.15, -0.1) is 0 Å². The summed E-state index contributed by atoms with van der Waals surface area (Å²) in [4.78, 5) is 12.3. The lowest BCUT2D eigenvalue weighted by atomic mass is 10.2. The van der Waals surface area contributed by atoms with Crippen LogP contribution in [0.2, 0.25) is 0 Å². The van der Waals surface area contributed by atoms with Crippen molar-refractivity contribution in [2.45, 2.75) is 30.2 Å². The third-order valence-electron chi connectivity index (χ3n) is 4.39. The minimum Gasteiger partial charge on any atom is -0.348 e. The van der Waals surface area contributed by atoms with Crippen molar-refractivity contribution in [3.8, 4) is 0 Å². The van der Waals surface area contributed by atoms with Crippen molar-refractivity contribution in [3.05, 3.63) is 29.8 Å². The highest BCUT2D eigenvalue weighted by molar-refractivity contribution is 7.91. The van der Waals surface area contributed by atoms with Gasteiger partial charge in [0.25, 0.3) is 5.91 Å². The lowest BCUT2D eigenvalue weighted by Gasteiger charge is -2.16. The molecular formula is C15H20N2O5S2. The van der Waals surface area contributed by atoms with E-state index in [0.29, 0.717) is 25.1 Å². The molecule has 132 valence electrons. The molecule has 0 aromatic heterocycles. The fourth-order valence-electron chi connectivity index (χ4n) is 3.03. The summed E-state index contributed by atoms with van der Waals surface area (Å²) in [5.74, 6) is -0.340. The van der Waals surface area contributed by atoms with Gasteiger partial charge in [-0.25, -0.2) is 16.8 Å². The number of nitrogens with one attached hydrogen (secondary N) is 1. The van der Waals surface area contributed by atoms with Gasteiger partial charge in [-0.3, -0.25) is 4.79 Å². The smallest absolute Gasteiger partial charge is 0.251 e. The lowest BCUT2D eigenvalue weighted by molar-refractivity contribution is 0.0941. The quantitative estimate of drug-likeness (QED) is 0.824. The predicted molar refractivity (Wildman–Crippen MR) is 89.0 cm³/mol. The van der Waals surface area contributed by atoms with Crippen LogP contribution in [0.5, 0.6) is 0 Å². The van der Waals surface area contributed by atoms with Crippen molar-refractivity contribution >= 4 is 25.8 Å². The van der Waals surface area contributed by atoms with Crippen LogP contribution in [-0.4, -0.2) is 57.7 Å². The topological polar surface area (TPSA) is 101 Å². The van der Waals surface area contributed by atoms with Crippen molar-refractivity contribution < 1.29 is 21.6 Å². The van der Waals surface area contributed by atoms with Gasteiger partial charge in [0.1, 0.15) is 0 Å². The fourth-order valence-corrected chi connectivity index (χ4v) is 6.22. The maximum Gasteiger partial charge on any atom is 0.251 e.